The molecular formula is C17H30N4O8S. The third-order valence-electron chi connectivity index (χ3n) is 4.02. The van der Waals surface area contributed by atoms with E-state index in [1.807, 2.05) is 0 Å². The molecule has 4 unspecified atom stereocenters. The summed E-state index contributed by atoms with van der Waals surface area (Å²) in [6.07, 6.45) is 1.30. The molecule has 0 bridgehead atoms. The molecule has 0 aromatic carbocycles. The third-order valence-corrected chi connectivity index (χ3v) is 4.66. The average Bonchev–Trinajstić information content (AvgIpc) is 2.65. The Morgan fingerprint density at radius 3 is 1.93 bits per heavy atom. The summed E-state index contributed by atoms with van der Waals surface area (Å²) in [4.78, 5) is 58.8. The maximum atomic E-state index is 12.5. The first kappa shape index (κ1) is 27.6. The van der Waals surface area contributed by atoms with Crippen molar-refractivity contribution in [2.75, 3.05) is 18.6 Å². The molecule has 0 fully saturated rings. The third kappa shape index (κ3) is 9.89. The normalized spacial score (nSPS) is 14.9. The first-order valence-electron chi connectivity index (χ1n) is 9.15. The van der Waals surface area contributed by atoms with Gasteiger partial charge < -0.3 is 37.0 Å². The van der Waals surface area contributed by atoms with Crippen molar-refractivity contribution < 1.29 is 39.3 Å². The topological polar surface area (TPSA) is 208 Å². The Morgan fingerprint density at radius 2 is 1.50 bits per heavy atom. The quantitative estimate of drug-likeness (QED) is 0.151. The van der Waals surface area contributed by atoms with Crippen LogP contribution in [0.5, 0.6) is 0 Å². The van der Waals surface area contributed by atoms with E-state index in [1.165, 1.54) is 11.8 Å². The van der Waals surface area contributed by atoms with Gasteiger partial charge in [-0.25, -0.2) is 4.79 Å². The monoisotopic (exact) mass is 450 g/mol. The molecule has 4 atom stereocenters. The van der Waals surface area contributed by atoms with E-state index in [2.05, 4.69) is 16.0 Å². The van der Waals surface area contributed by atoms with Gasteiger partial charge in [0, 0.05) is 0 Å². The van der Waals surface area contributed by atoms with Crippen molar-refractivity contribution in [1.29, 1.82) is 0 Å². The Bertz CT molecular complexity index is 631. The van der Waals surface area contributed by atoms with Crippen LogP contribution in [0.15, 0.2) is 0 Å². The van der Waals surface area contributed by atoms with Gasteiger partial charge in [-0.3, -0.25) is 19.2 Å². The molecule has 0 spiro atoms. The molecule has 0 heterocycles. The first-order valence-corrected chi connectivity index (χ1v) is 10.5. The lowest BCUT2D eigenvalue weighted by Crippen LogP contribution is -2.59. The van der Waals surface area contributed by atoms with Gasteiger partial charge in [-0.1, -0.05) is 13.8 Å². The Kier molecular flexibility index (Phi) is 12.7. The van der Waals surface area contributed by atoms with Crippen LogP contribution in [0.1, 0.15) is 26.7 Å². The van der Waals surface area contributed by atoms with E-state index in [0.717, 1.165) is 0 Å². The van der Waals surface area contributed by atoms with Gasteiger partial charge in [-0.05, 0) is 24.3 Å². The number of carboxylic acid groups (broad SMARTS) is 2. The molecular weight excluding hydrogens is 420 g/mol. The summed E-state index contributed by atoms with van der Waals surface area (Å²) in [6.45, 7) is 2.40. The molecule has 0 aliphatic rings. The molecule has 0 rings (SSSR count). The van der Waals surface area contributed by atoms with Crippen molar-refractivity contribution in [1.82, 2.24) is 16.0 Å². The number of hydrogen-bond donors (Lipinski definition) is 7. The first-order chi connectivity index (χ1) is 13.9. The van der Waals surface area contributed by atoms with E-state index in [1.54, 1.807) is 20.1 Å². The molecule has 0 saturated carbocycles. The minimum atomic E-state index is -1.44. The van der Waals surface area contributed by atoms with Crippen molar-refractivity contribution in [2.24, 2.45) is 11.7 Å². The lowest BCUT2D eigenvalue weighted by atomic mass is 10.0. The van der Waals surface area contributed by atoms with Gasteiger partial charge in [-0.2, -0.15) is 11.8 Å². The van der Waals surface area contributed by atoms with Gasteiger partial charge in [-0.15, -0.1) is 0 Å². The number of carboxylic acids is 2. The summed E-state index contributed by atoms with van der Waals surface area (Å²) < 4.78 is 0. The van der Waals surface area contributed by atoms with Crippen LogP contribution in [-0.4, -0.2) is 87.8 Å². The SMILES string of the molecule is CSCCC(NC(=O)C(CO)NC(=O)C(NC(=O)C(N)CC(=O)O)C(C)C)C(=O)O. The van der Waals surface area contributed by atoms with E-state index < -0.39 is 72.8 Å². The highest BCUT2D eigenvalue weighted by Gasteiger charge is 2.31. The van der Waals surface area contributed by atoms with Gasteiger partial charge in [0.15, 0.2) is 0 Å². The van der Waals surface area contributed by atoms with Crippen molar-refractivity contribution in [3.8, 4) is 0 Å². The van der Waals surface area contributed by atoms with Crippen LogP contribution in [0.2, 0.25) is 0 Å². The van der Waals surface area contributed by atoms with E-state index in [4.69, 9.17) is 10.8 Å². The number of aliphatic hydroxyl groups excluding tert-OH is 1. The standard InChI is InChI=1S/C17H30N4O8S/c1-8(2)13(21-14(25)9(18)6-12(23)24)16(27)20-11(7-22)15(26)19-10(17(28)29)4-5-30-3/h8-11,13,22H,4-7,18H2,1-3H3,(H,19,26)(H,20,27)(H,21,25)(H,23,24)(H,28,29). The minimum absolute atomic E-state index is 0.153. The summed E-state index contributed by atoms with van der Waals surface area (Å²) in [7, 11) is 0. The number of hydrogen-bond acceptors (Lipinski definition) is 8. The predicted molar refractivity (Wildman–Crippen MR) is 109 cm³/mol. The van der Waals surface area contributed by atoms with Crippen LogP contribution in [0.3, 0.4) is 0 Å². The fourth-order valence-corrected chi connectivity index (χ4v) is 2.77. The van der Waals surface area contributed by atoms with Crippen molar-refractivity contribution in [2.45, 2.75) is 50.9 Å². The Hall–Kier alpha value is -2.38. The average molecular weight is 451 g/mol. The number of rotatable bonds is 14. The molecule has 0 aliphatic carbocycles. The van der Waals surface area contributed by atoms with Gasteiger partial charge in [0.25, 0.3) is 0 Å². The second kappa shape index (κ2) is 13.8. The molecule has 12 nitrogen and oxygen atoms in total. The summed E-state index contributed by atoms with van der Waals surface area (Å²) >= 11 is 1.40. The lowest BCUT2D eigenvalue weighted by molar-refractivity contribution is -0.142. The summed E-state index contributed by atoms with van der Waals surface area (Å²) in [5.41, 5.74) is 5.48. The zero-order chi connectivity index (χ0) is 23.4. The number of carbonyl (C=O) groups is 5. The second-order valence-electron chi connectivity index (χ2n) is 6.86. The molecule has 0 radical (unpaired) electrons. The fraction of sp³-hybridized carbons (Fsp3) is 0.706. The highest BCUT2D eigenvalue weighted by molar-refractivity contribution is 7.98. The van der Waals surface area contributed by atoms with Crippen molar-refractivity contribution in [3.63, 3.8) is 0 Å². The molecule has 13 heteroatoms. The molecule has 8 N–H and O–H groups in total. The number of nitrogens with two attached hydrogens (primary N) is 1. The van der Waals surface area contributed by atoms with Gasteiger partial charge in [0.05, 0.1) is 19.1 Å². The van der Waals surface area contributed by atoms with Crippen LogP contribution < -0.4 is 21.7 Å². The van der Waals surface area contributed by atoms with Gasteiger partial charge >= 0.3 is 11.9 Å². The molecule has 0 aliphatic heterocycles. The summed E-state index contributed by atoms with van der Waals surface area (Å²) in [5.74, 6) is -5.08. The summed E-state index contributed by atoms with van der Waals surface area (Å²) in [6, 6.07) is -5.17. The van der Waals surface area contributed by atoms with E-state index in [-0.39, 0.29) is 6.42 Å². The van der Waals surface area contributed by atoms with E-state index in [0.29, 0.717) is 5.75 Å². The summed E-state index contributed by atoms with van der Waals surface area (Å²) in [5, 5.41) is 34.2. The van der Waals surface area contributed by atoms with Crippen molar-refractivity contribution >= 4 is 41.4 Å². The number of carbonyl (C=O) groups excluding carboxylic acids is 3. The minimum Gasteiger partial charge on any atom is -0.481 e. The van der Waals surface area contributed by atoms with E-state index >= 15 is 0 Å². The molecule has 0 aromatic rings. The molecule has 3 amide bonds. The maximum absolute atomic E-state index is 12.5. The van der Waals surface area contributed by atoms with Gasteiger partial charge in [0.2, 0.25) is 17.7 Å². The van der Waals surface area contributed by atoms with Gasteiger partial charge in [0.1, 0.15) is 18.1 Å². The largest absolute Gasteiger partial charge is 0.481 e. The molecule has 172 valence electrons. The second-order valence-corrected chi connectivity index (χ2v) is 7.84. The van der Waals surface area contributed by atoms with Crippen molar-refractivity contribution in [3.05, 3.63) is 0 Å². The Labute approximate surface area is 178 Å². The molecule has 30 heavy (non-hydrogen) atoms. The lowest BCUT2D eigenvalue weighted by Gasteiger charge is -2.26. The Morgan fingerprint density at radius 1 is 0.933 bits per heavy atom. The smallest absolute Gasteiger partial charge is 0.326 e. The molecule has 0 saturated heterocycles. The van der Waals surface area contributed by atoms with E-state index in [9.17, 15) is 34.2 Å². The fourth-order valence-electron chi connectivity index (χ4n) is 2.30. The number of aliphatic carboxylic acids is 2. The highest BCUT2D eigenvalue weighted by atomic mass is 32.2. The predicted octanol–water partition coefficient (Wildman–Crippen LogP) is -2.27. The Balaban J connectivity index is 5.13. The number of aliphatic hydroxyl groups is 1. The zero-order valence-electron chi connectivity index (χ0n) is 17.1. The van der Waals surface area contributed by atoms with Crippen LogP contribution in [0.4, 0.5) is 0 Å². The number of thioether (sulfide) groups is 1. The maximum Gasteiger partial charge on any atom is 0.326 e. The highest BCUT2D eigenvalue weighted by Crippen LogP contribution is 2.05. The number of nitrogens with one attached hydrogen (secondary N) is 3. The zero-order valence-corrected chi connectivity index (χ0v) is 17.9. The molecule has 0 aromatic heterocycles. The van der Waals surface area contributed by atoms with Crippen LogP contribution in [0, 0.1) is 5.92 Å². The number of amides is 3. The van der Waals surface area contributed by atoms with Crippen LogP contribution in [-0.2, 0) is 24.0 Å². The van der Waals surface area contributed by atoms with Crippen LogP contribution in [0.25, 0.3) is 0 Å². The van der Waals surface area contributed by atoms with Crippen LogP contribution >= 0.6 is 11.8 Å².